The minimum Gasteiger partial charge on any atom is -0.385 e. The van der Waals surface area contributed by atoms with Gasteiger partial charge >= 0.3 is 6.18 Å². The molecule has 2 unspecified atom stereocenters. The van der Waals surface area contributed by atoms with Crippen LogP contribution in [0.3, 0.4) is 0 Å². The van der Waals surface area contributed by atoms with E-state index in [-0.39, 0.29) is 12.0 Å². The largest absolute Gasteiger partial charge is 0.416 e. The van der Waals surface area contributed by atoms with Gasteiger partial charge in [0.25, 0.3) is 0 Å². The van der Waals surface area contributed by atoms with Crippen molar-refractivity contribution in [3.05, 3.63) is 35.4 Å². The van der Waals surface area contributed by atoms with Gasteiger partial charge in [-0.15, -0.1) is 0 Å². The van der Waals surface area contributed by atoms with Gasteiger partial charge in [0.05, 0.1) is 5.56 Å². The molecular weight excluding hydrogens is 255 g/mol. The number of methoxy groups -OCH3 is 1. The SMILES string of the molecule is CNC(c1ccccc1C(F)(F)F)C(C)CCOC. The lowest BCUT2D eigenvalue weighted by Gasteiger charge is -2.26. The highest BCUT2D eigenvalue weighted by atomic mass is 19.4. The lowest BCUT2D eigenvalue weighted by Crippen LogP contribution is -2.27. The van der Waals surface area contributed by atoms with Crippen LogP contribution < -0.4 is 5.32 Å². The van der Waals surface area contributed by atoms with Gasteiger partial charge in [0.2, 0.25) is 0 Å². The zero-order valence-electron chi connectivity index (χ0n) is 11.4. The molecule has 108 valence electrons. The van der Waals surface area contributed by atoms with E-state index < -0.39 is 11.7 Å². The number of benzene rings is 1. The molecule has 0 radical (unpaired) electrons. The summed E-state index contributed by atoms with van der Waals surface area (Å²) in [5, 5.41) is 2.98. The summed E-state index contributed by atoms with van der Waals surface area (Å²) >= 11 is 0. The van der Waals surface area contributed by atoms with E-state index in [1.165, 1.54) is 12.1 Å². The van der Waals surface area contributed by atoms with Crippen LogP contribution in [0, 0.1) is 5.92 Å². The van der Waals surface area contributed by atoms with Crippen LogP contribution in [0.2, 0.25) is 0 Å². The number of rotatable bonds is 6. The smallest absolute Gasteiger partial charge is 0.385 e. The molecule has 0 aliphatic heterocycles. The summed E-state index contributed by atoms with van der Waals surface area (Å²) in [6.07, 6.45) is -3.62. The van der Waals surface area contributed by atoms with Crippen LogP contribution in [0.4, 0.5) is 13.2 Å². The van der Waals surface area contributed by atoms with Crippen molar-refractivity contribution in [1.29, 1.82) is 0 Å². The van der Waals surface area contributed by atoms with Crippen LogP contribution in [0.25, 0.3) is 0 Å². The van der Waals surface area contributed by atoms with Crippen LogP contribution in [0.15, 0.2) is 24.3 Å². The van der Waals surface area contributed by atoms with Gasteiger partial charge in [-0.25, -0.2) is 0 Å². The molecule has 19 heavy (non-hydrogen) atoms. The van der Waals surface area contributed by atoms with Crippen molar-refractivity contribution in [2.75, 3.05) is 20.8 Å². The van der Waals surface area contributed by atoms with Gasteiger partial charge < -0.3 is 10.1 Å². The van der Waals surface area contributed by atoms with E-state index in [0.29, 0.717) is 18.6 Å². The summed E-state index contributed by atoms with van der Waals surface area (Å²) in [6.45, 7) is 2.46. The second kappa shape index (κ2) is 6.91. The molecule has 0 amide bonds. The lowest BCUT2D eigenvalue weighted by molar-refractivity contribution is -0.138. The number of alkyl halides is 3. The molecular formula is C14H20F3NO. The Morgan fingerprint density at radius 1 is 1.26 bits per heavy atom. The molecule has 0 aliphatic carbocycles. The Kier molecular flexibility index (Phi) is 5.82. The van der Waals surface area contributed by atoms with Gasteiger partial charge in [-0.1, -0.05) is 25.1 Å². The third-order valence-corrected chi connectivity index (χ3v) is 3.26. The Bertz CT molecular complexity index is 393. The van der Waals surface area contributed by atoms with E-state index in [2.05, 4.69) is 5.32 Å². The highest BCUT2D eigenvalue weighted by Gasteiger charge is 2.35. The molecule has 0 saturated carbocycles. The highest BCUT2D eigenvalue weighted by molar-refractivity contribution is 5.32. The number of ether oxygens (including phenoxy) is 1. The highest BCUT2D eigenvalue weighted by Crippen LogP contribution is 2.36. The van der Waals surface area contributed by atoms with Gasteiger partial charge in [-0.2, -0.15) is 13.2 Å². The molecule has 0 spiro atoms. The second-order valence-electron chi connectivity index (χ2n) is 4.61. The normalized spacial score (nSPS) is 15.3. The Morgan fingerprint density at radius 2 is 1.89 bits per heavy atom. The Hall–Kier alpha value is -1.07. The lowest BCUT2D eigenvalue weighted by atomic mass is 9.89. The summed E-state index contributed by atoms with van der Waals surface area (Å²) < 4.78 is 44.0. The standard InChI is InChI=1S/C14H20F3NO/c1-10(8-9-19-3)13(18-2)11-6-4-5-7-12(11)14(15,16)17/h4-7,10,13,18H,8-9H2,1-3H3. The Morgan fingerprint density at radius 3 is 2.42 bits per heavy atom. The van der Waals surface area contributed by atoms with Crippen LogP contribution >= 0.6 is 0 Å². The molecule has 0 aliphatic rings. The van der Waals surface area contributed by atoms with E-state index in [1.54, 1.807) is 20.2 Å². The topological polar surface area (TPSA) is 21.3 Å². The van der Waals surface area contributed by atoms with E-state index in [4.69, 9.17) is 4.74 Å². The van der Waals surface area contributed by atoms with E-state index >= 15 is 0 Å². The van der Waals surface area contributed by atoms with Crippen molar-refractivity contribution < 1.29 is 17.9 Å². The zero-order valence-corrected chi connectivity index (χ0v) is 11.4. The monoisotopic (exact) mass is 275 g/mol. The minimum atomic E-state index is -4.33. The summed E-state index contributed by atoms with van der Waals surface area (Å²) in [6, 6.07) is 5.38. The fourth-order valence-electron chi connectivity index (χ4n) is 2.24. The van der Waals surface area contributed by atoms with Crippen molar-refractivity contribution >= 4 is 0 Å². The fraction of sp³-hybridized carbons (Fsp3) is 0.571. The summed E-state index contributed by atoms with van der Waals surface area (Å²) in [4.78, 5) is 0. The molecule has 0 fully saturated rings. The fourth-order valence-corrected chi connectivity index (χ4v) is 2.24. The molecule has 0 aromatic heterocycles. The maximum absolute atomic E-state index is 13.0. The average Bonchev–Trinajstić information content (AvgIpc) is 2.36. The van der Waals surface area contributed by atoms with Gasteiger partial charge in [-0.3, -0.25) is 0 Å². The molecule has 2 atom stereocenters. The molecule has 1 aromatic rings. The van der Waals surface area contributed by atoms with Crippen molar-refractivity contribution in [2.24, 2.45) is 5.92 Å². The van der Waals surface area contributed by atoms with E-state index in [0.717, 1.165) is 6.07 Å². The van der Waals surface area contributed by atoms with Gasteiger partial charge in [-0.05, 0) is 31.0 Å². The van der Waals surface area contributed by atoms with Crippen LogP contribution in [0.5, 0.6) is 0 Å². The maximum Gasteiger partial charge on any atom is 0.416 e. The van der Waals surface area contributed by atoms with Crippen molar-refractivity contribution in [3.63, 3.8) is 0 Å². The predicted molar refractivity (Wildman–Crippen MR) is 68.9 cm³/mol. The zero-order chi connectivity index (χ0) is 14.5. The van der Waals surface area contributed by atoms with Gasteiger partial charge in [0, 0.05) is 19.8 Å². The quantitative estimate of drug-likeness (QED) is 0.856. The van der Waals surface area contributed by atoms with Crippen LogP contribution in [0.1, 0.15) is 30.5 Å². The number of halogens is 3. The number of hydrogen-bond acceptors (Lipinski definition) is 2. The third kappa shape index (κ3) is 4.21. The molecule has 1 N–H and O–H groups in total. The molecule has 2 nitrogen and oxygen atoms in total. The summed E-state index contributed by atoms with van der Waals surface area (Å²) in [7, 11) is 3.27. The second-order valence-corrected chi connectivity index (χ2v) is 4.61. The molecule has 0 bridgehead atoms. The first-order valence-electron chi connectivity index (χ1n) is 6.24. The van der Waals surface area contributed by atoms with Gasteiger partial charge in [0.1, 0.15) is 0 Å². The summed E-state index contributed by atoms with van der Waals surface area (Å²) in [5.74, 6) is 0.0495. The molecule has 0 heterocycles. The van der Waals surface area contributed by atoms with Crippen LogP contribution in [-0.4, -0.2) is 20.8 Å². The molecule has 1 rings (SSSR count). The summed E-state index contributed by atoms with van der Waals surface area (Å²) in [5.41, 5.74) is -0.278. The first-order valence-corrected chi connectivity index (χ1v) is 6.24. The molecule has 1 aromatic carbocycles. The number of hydrogen-bond donors (Lipinski definition) is 1. The van der Waals surface area contributed by atoms with Crippen molar-refractivity contribution in [2.45, 2.75) is 25.6 Å². The first kappa shape index (κ1) is 16.0. The van der Waals surface area contributed by atoms with Crippen molar-refractivity contribution in [3.8, 4) is 0 Å². The minimum absolute atomic E-state index is 0.0495. The Labute approximate surface area is 112 Å². The van der Waals surface area contributed by atoms with Gasteiger partial charge in [0.15, 0.2) is 0 Å². The van der Waals surface area contributed by atoms with Crippen molar-refractivity contribution in [1.82, 2.24) is 5.32 Å². The first-order chi connectivity index (χ1) is 8.91. The predicted octanol–water partition coefficient (Wildman–Crippen LogP) is 3.64. The average molecular weight is 275 g/mol. The van der Waals surface area contributed by atoms with E-state index in [1.807, 2.05) is 6.92 Å². The Balaban J connectivity index is 3.05. The third-order valence-electron chi connectivity index (χ3n) is 3.26. The van der Waals surface area contributed by atoms with Crippen LogP contribution in [-0.2, 0) is 10.9 Å². The van der Waals surface area contributed by atoms with E-state index in [9.17, 15) is 13.2 Å². The number of nitrogens with one attached hydrogen (secondary N) is 1. The maximum atomic E-state index is 13.0. The molecule has 5 heteroatoms. The molecule has 0 saturated heterocycles.